The van der Waals surface area contributed by atoms with Crippen LogP contribution in [0.4, 0.5) is 13.2 Å². The van der Waals surface area contributed by atoms with Crippen molar-refractivity contribution >= 4 is 10.0 Å². The molecular weight excluding hydrogens is 347 g/mol. The number of piperazine rings is 3. The Kier molecular flexibility index (Phi) is 4.73. The van der Waals surface area contributed by atoms with Crippen LogP contribution in [0.5, 0.6) is 5.75 Å². The first-order chi connectivity index (χ1) is 11.2. The zero-order valence-corrected chi connectivity index (χ0v) is 13.6. The average molecular weight is 365 g/mol. The van der Waals surface area contributed by atoms with Gasteiger partial charge in [0, 0.05) is 45.3 Å². The number of benzene rings is 1. The molecule has 0 aromatic heterocycles. The van der Waals surface area contributed by atoms with Crippen molar-refractivity contribution in [1.29, 1.82) is 0 Å². The summed E-state index contributed by atoms with van der Waals surface area (Å²) in [6.45, 7) is 4.96. The molecular formula is C14H18F3N3O3S. The molecule has 0 saturated carbocycles. The van der Waals surface area contributed by atoms with Gasteiger partial charge in [-0.25, -0.2) is 13.1 Å². The SMILES string of the molecule is O=S(=O)(NCC1CN2CCN1CC2)c1ccc(OC(F)(F)F)cc1. The summed E-state index contributed by atoms with van der Waals surface area (Å²) < 4.78 is 67.2. The minimum atomic E-state index is -4.80. The van der Waals surface area contributed by atoms with Crippen LogP contribution in [0.2, 0.25) is 0 Å². The van der Waals surface area contributed by atoms with Gasteiger partial charge in [0.15, 0.2) is 0 Å². The number of hydrogen-bond donors (Lipinski definition) is 1. The van der Waals surface area contributed by atoms with Gasteiger partial charge in [-0.1, -0.05) is 0 Å². The van der Waals surface area contributed by atoms with Gasteiger partial charge < -0.3 is 4.74 Å². The number of sulfonamides is 1. The van der Waals surface area contributed by atoms with Gasteiger partial charge in [0.25, 0.3) is 0 Å². The van der Waals surface area contributed by atoms with Crippen LogP contribution >= 0.6 is 0 Å². The summed E-state index contributed by atoms with van der Waals surface area (Å²) >= 11 is 0. The fourth-order valence-corrected chi connectivity index (χ4v) is 4.10. The van der Waals surface area contributed by atoms with Crippen LogP contribution in [0.3, 0.4) is 0 Å². The molecule has 134 valence electrons. The molecule has 4 rings (SSSR count). The van der Waals surface area contributed by atoms with Gasteiger partial charge in [-0.3, -0.25) is 9.80 Å². The zero-order valence-electron chi connectivity index (χ0n) is 12.8. The number of nitrogens with one attached hydrogen (secondary N) is 1. The van der Waals surface area contributed by atoms with Gasteiger partial charge >= 0.3 is 6.36 Å². The predicted molar refractivity (Wildman–Crippen MR) is 80.1 cm³/mol. The zero-order chi connectivity index (χ0) is 17.4. The summed E-state index contributed by atoms with van der Waals surface area (Å²) in [5, 5.41) is 0. The normalized spacial score (nSPS) is 27.2. The van der Waals surface area contributed by atoms with Crippen LogP contribution in [0.15, 0.2) is 29.2 Å². The van der Waals surface area contributed by atoms with Gasteiger partial charge in [-0.15, -0.1) is 13.2 Å². The van der Waals surface area contributed by atoms with Crippen molar-refractivity contribution in [2.45, 2.75) is 17.3 Å². The molecule has 1 aromatic rings. The average Bonchev–Trinajstić information content (AvgIpc) is 2.53. The molecule has 3 aliphatic rings. The van der Waals surface area contributed by atoms with E-state index < -0.39 is 22.1 Å². The Hall–Kier alpha value is -1.36. The number of rotatable bonds is 5. The number of ether oxygens (including phenoxy) is 1. The summed E-state index contributed by atoms with van der Waals surface area (Å²) in [4.78, 5) is 4.46. The molecule has 1 aromatic carbocycles. The molecule has 24 heavy (non-hydrogen) atoms. The van der Waals surface area contributed by atoms with E-state index >= 15 is 0 Å². The lowest BCUT2D eigenvalue weighted by molar-refractivity contribution is -0.274. The number of halogens is 3. The third-order valence-corrected chi connectivity index (χ3v) is 5.71. The van der Waals surface area contributed by atoms with Crippen molar-refractivity contribution in [3.8, 4) is 5.75 Å². The van der Waals surface area contributed by atoms with Crippen LogP contribution in [-0.4, -0.2) is 69.9 Å². The minimum absolute atomic E-state index is 0.0895. The summed E-state index contributed by atoms with van der Waals surface area (Å²) in [5.74, 6) is -0.454. The third kappa shape index (κ3) is 4.18. The Labute approximate surface area is 138 Å². The molecule has 3 saturated heterocycles. The first-order valence-corrected chi connectivity index (χ1v) is 9.03. The number of nitrogens with zero attached hydrogens (tertiary/aromatic N) is 2. The Bertz CT molecular complexity index is 671. The second kappa shape index (κ2) is 6.51. The molecule has 1 N–H and O–H groups in total. The van der Waals surface area contributed by atoms with Gasteiger partial charge in [0.2, 0.25) is 10.0 Å². The highest BCUT2D eigenvalue weighted by Gasteiger charge is 2.33. The first kappa shape index (κ1) is 17.5. The third-order valence-electron chi connectivity index (χ3n) is 4.27. The Morgan fingerprint density at radius 2 is 1.75 bits per heavy atom. The van der Waals surface area contributed by atoms with Gasteiger partial charge in [-0.05, 0) is 24.3 Å². The van der Waals surface area contributed by atoms with E-state index in [4.69, 9.17) is 0 Å². The molecule has 3 fully saturated rings. The quantitative estimate of drug-likeness (QED) is 0.839. The van der Waals surface area contributed by atoms with E-state index in [-0.39, 0.29) is 17.5 Å². The highest BCUT2D eigenvalue weighted by molar-refractivity contribution is 7.89. The molecule has 0 radical (unpaired) electrons. The van der Waals surface area contributed by atoms with Crippen molar-refractivity contribution in [3.05, 3.63) is 24.3 Å². The Morgan fingerprint density at radius 1 is 1.12 bits per heavy atom. The van der Waals surface area contributed by atoms with E-state index in [1.807, 2.05) is 0 Å². The van der Waals surface area contributed by atoms with E-state index in [0.717, 1.165) is 57.0 Å². The second-order valence-corrected chi connectivity index (χ2v) is 7.63. The Balaban J connectivity index is 1.61. The van der Waals surface area contributed by atoms with Gasteiger partial charge in [0.1, 0.15) is 5.75 Å². The standard InChI is InChI=1S/C14H18F3N3O3S/c15-14(16,17)23-12-1-3-13(4-2-12)24(21,22)18-9-11-10-19-5-7-20(11)8-6-19/h1-4,11,18H,5-10H2. The predicted octanol–water partition coefficient (Wildman–Crippen LogP) is 0.863. The smallest absolute Gasteiger partial charge is 0.406 e. The molecule has 2 bridgehead atoms. The molecule has 10 heteroatoms. The summed E-state index contributed by atoms with van der Waals surface area (Å²) in [6, 6.07) is 4.29. The van der Waals surface area contributed by atoms with E-state index in [9.17, 15) is 21.6 Å². The lowest BCUT2D eigenvalue weighted by Crippen LogP contribution is -2.63. The molecule has 1 unspecified atom stereocenters. The maximum Gasteiger partial charge on any atom is 0.573 e. The fourth-order valence-electron chi connectivity index (χ4n) is 3.03. The number of hydrogen-bond acceptors (Lipinski definition) is 5. The first-order valence-electron chi connectivity index (χ1n) is 7.55. The van der Waals surface area contributed by atoms with E-state index in [1.54, 1.807) is 0 Å². The minimum Gasteiger partial charge on any atom is -0.406 e. The van der Waals surface area contributed by atoms with Crippen LogP contribution in [0.25, 0.3) is 0 Å². The maximum absolute atomic E-state index is 12.3. The van der Waals surface area contributed by atoms with Crippen molar-refractivity contribution in [2.75, 3.05) is 39.3 Å². The summed E-state index contributed by atoms with van der Waals surface area (Å²) in [6.07, 6.45) is -4.80. The van der Waals surface area contributed by atoms with Crippen molar-refractivity contribution in [2.24, 2.45) is 0 Å². The highest BCUT2D eigenvalue weighted by atomic mass is 32.2. The van der Waals surface area contributed by atoms with Crippen LogP contribution in [-0.2, 0) is 10.0 Å². The van der Waals surface area contributed by atoms with Crippen molar-refractivity contribution in [1.82, 2.24) is 14.5 Å². The number of fused-ring (bicyclic) bond motifs is 3. The van der Waals surface area contributed by atoms with Crippen LogP contribution in [0, 0.1) is 0 Å². The van der Waals surface area contributed by atoms with E-state index in [1.165, 1.54) is 0 Å². The second-order valence-electron chi connectivity index (χ2n) is 5.86. The summed E-state index contributed by atoms with van der Waals surface area (Å²) in [7, 11) is -3.77. The summed E-state index contributed by atoms with van der Waals surface area (Å²) in [5.41, 5.74) is 0. The van der Waals surface area contributed by atoms with Crippen LogP contribution in [0.1, 0.15) is 0 Å². The Morgan fingerprint density at radius 3 is 2.25 bits per heavy atom. The monoisotopic (exact) mass is 365 g/mol. The van der Waals surface area contributed by atoms with E-state index in [2.05, 4.69) is 19.3 Å². The van der Waals surface area contributed by atoms with Crippen LogP contribution < -0.4 is 9.46 Å². The molecule has 0 aliphatic carbocycles. The molecule has 1 atom stereocenters. The highest BCUT2D eigenvalue weighted by Crippen LogP contribution is 2.24. The van der Waals surface area contributed by atoms with Gasteiger partial charge in [0.05, 0.1) is 4.90 Å². The lowest BCUT2D eigenvalue weighted by atomic mass is 10.1. The maximum atomic E-state index is 12.3. The lowest BCUT2D eigenvalue weighted by Gasteiger charge is -2.47. The largest absolute Gasteiger partial charge is 0.573 e. The number of alkyl halides is 3. The van der Waals surface area contributed by atoms with E-state index in [0.29, 0.717) is 0 Å². The molecule has 0 spiro atoms. The molecule has 3 heterocycles. The van der Waals surface area contributed by atoms with Crippen molar-refractivity contribution in [3.63, 3.8) is 0 Å². The topological polar surface area (TPSA) is 61.9 Å². The van der Waals surface area contributed by atoms with Crippen molar-refractivity contribution < 1.29 is 26.3 Å². The molecule has 0 amide bonds. The molecule has 3 aliphatic heterocycles. The molecule has 6 nitrogen and oxygen atoms in total. The van der Waals surface area contributed by atoms with Gasteiger partial charge in [-0.2, -0.15) is 0 Å². The fraction of sp³-hybridized carbons (Fsp3) is 0.571.